The molecular weight excluding hydrogens is 427 g/mol. The molecule has 2 unspecified atom stereocenters. The summed E-state index contributed by atoms with van der Waals surface area (Å²) in [5, 5.41) is 9.54. The van der Waals surface area contributed by atoms with Gasteiger partial charge in [-0.25, -0.2) is 0 Å². The Hall–Kier alpha value is -2.94. The molecule has 1 aliphatic rings. The van der Waals surface area contributed by atoms with Gasteiger partial charge in [0.25, 0.3) is 0 Å². The van der Waals surface area contributed by atoms with Crippen LogP contribution < -0.4 is 14.2 Å². The Balaban J connectivity index is 2.14. The third-order valence-corrected chi connectivity index (χ3v) is 5.75. The number of aliphatic carboxylic acids is 1. The zero-order valence-electron chi connectivity index (χ0n) is 18.1. The van der Waals surface area contributed by atoms with Gasteiger partial charge in [-0.2, -0.15) is 13.2 Å². The average molecular weight is 453 g/mol. The van der Waals surface area contributed by atoms with Crippen LogP contribution in [-0.4, -0.2) is 50.4 Å². The van der Waals surface area contributed by atoms with Crippen molar-refractivity contribution < 1.29 is 37.3 Å². The third-order valence-electron chi connectivity index (χ3n) is 5.75. The van der Waals surface area contributed by atoms with Crippen LogP contribution in [0.1, 0.15) is 35.6 Å². The van der Waals surface area contributed by atoms with Gasteiger partial charge in [0.05, 0.1) is 38.9 Å². The fourth-order valence-corrected chi connectivity index (χ4v) is 4.22. The number of rotatable bonds is 7. The van der Waals surface area contributed by atoms with Gasteiger partial charge in [-0.15, -0.1) is 0 Å². The topological polar surface area (TPSA) is 68.2 Å². The number of carboxylic acid groups (broad SMARTS) is 1. The van der Waals surface area contributed by atoms with Crippen LogP contribution in [0.5, 0.6) is 17.2 Å². The maximum Gasteiger partial charge on any atom is 0.416 e. The SMILES string of the molecule is COc1ccc(C(c2ccc(C(F)(F)F)cc2)N2CCCC(C(=O)O)C2)c(OC)c1OC. The number of hydrogen-bond donors (Lipinski definition) is 1. The zero-order chi connectivity index (χ0) is 23.5. The number of methoxy groups -OCH3 is 3. The van der Waals surface area contributed by atoms with E-state index in [1.165, 1.54) is 33.5 Å². The Morgan fingerprint density at radius 2 is 1.69 bits per heavy atom. The number of piperidine rings is 1. The Labute approximate surface area is 184 Å². The second kappa shape index (κ2) is 9.68. The fourth-order valence-electron chi connectivity index (χ4n) is 4.22. The van der Waals surface area contributed by atoms with E-state index in [1.54, 1.807) is 12.1 Å². The normalized spacial score (nSPS) is 18.1. The minimum atomic E-state index is -4.45. The van der Waals surface area contributed by atoms with Gasteiger partial charge < -0.3 is 19.3 Å². The van der Waals surface area contributed by atoms with Crippen LogP contribution in [0, 0.1) is 5.92 Å². The lowest BCUT2D eigenvalue weighted by Crippen LogP contribution is -2.41. The summed E-state index contributed by atoms with van der Waals surface area (Å²) in [4.78, 5) is 13.6. The van der Waals surface area contributed by atoms with Crippen molar-refractivity contribution in [3.63, 3.8) is 0 Å². The second-order valence-electron chi connectivity index (χ2n) is 7.62. The molecule has 0 aliphatic carbocycles. The zero-order valence-corrected chi connectivity index (χ0v) is 18.1. The quantitative estimate of drug-likeness (QED) is 0.660. The van der Waals surface area contributed by atoms with Crippen LogP contribution in [0.25, 0.3) is 0 Å². The molecule has 1 heterocycles. The molecule has 9 heteroatoms. The summed E-state index contributed by atoms with van der Waals surface area (Å²) in [5.74, 6) is -0.265. The van der Waals surface area contributed by atoms with Gasteiger partial charge in [-0.1, -0.05) is 12.1 Å². The molecule has 1 saturated heterocycles. The number of halogens is 3. The van der Waals surface area contributed by atoms with Crippen LogP contribution >= 0.6 is 0 Å². The average Bonchev–Trinajstić information content (AvgIpc) is 2.78. The Morgan fingerprint density at radius 3 is 2.22 bits per heavy atom. The molecule has 0 saturated carbocycles. The first kappa shape index (κ1) is 23.7. The van der Waals surface area contributed by atoms with E-state index in [2.05, 4.69) is 0 Å². The molecule has 3 rings (SSSR count). The molecular formula is C23H26F3NO5. The third kappa shape index (κ3) is 4.77. The number of hydrogen-bond acceptors (Lipinski definition) is 5. The molecule has 1 fully saturated rings. The summed E-state index contributed by atoms with van der Waals surface area (Å²) < 4.78 is 55.8. The predicted octanol–water partition coefficient (Wildman–Crippen LogP) is 4.62. The summed E-state index contributed by atoms with van der Waals surface area (Å²) in [6, 6.07) is 7.86. The molecule has 0 aromatic heterocycles. The standard InChI is InChI=1S/C23H26F3NO5/c1-30-18-11-10-17(20(31-2)21(18)32-3)19(27-12-4-5-15(13-27)22(28)29)14-6-8-16(9-7-14)23(24,25)26/h6-11,15,19H,4-5,12-13H2,1-3H3,(H,28,29). The minimum Gasteiger partial charge on any atom is -0.493 e. The Bertz CT molecular complexity index is 946. The van der Waals surface area contributed by atoms with Gasteiger partial charge in [0.15, 0.2) is 11.5 Å². The van der Waals surface area contributed by atoms with E-state index in [0.717, 1.165) is 12.1 Å². The summed E-state index contributed by atoms with van der Waals surface area (Å²) in [5.41, 5.74) is 0.492. The maximum absolute atomic E-state index is 13.1. The molecule has 0 amide bonds. The number of nitrogens with zero attached hydrogens (tertiary/aromatic N) is 1. The van der Waals surface area contributed by atoms with Crippen molar-refractivity contribution in [1.29, 1.82) is 0 Å². The number of alkyl halides is 3. The first-order valence-electron chi connectivity index (χ1n) is 10.1. The molecule has 2 aromatic carbocycles. The number of ether oxygens (including phenoxy) is 3. The smallest absolute Gasteiger partial charge is 0.416 e. The highest BCUT2D eigenvalue weighted by Gasteiger charge is 2.35. The number of carboxylic acids is 1. The van der Waals surface area contributed by atoms with Gasteiger partial charge in [0, 0.05) is 12.1 Å². The van der Waals surface area contributed by atoms with E-state index in [1.807, 2.05) is 4.90 Å². The van der Waals surface area contributed by atoms with Crippen LogP contribution in [0.2, 0.25) is 0 Å². The Morgan fingerprint density at radius 1 is 1.03 bits per heavy atom. The van der Waals surface area contributed by atoms with Crippen molar-refractivity contribution >= 4 is 5.97 Å². The highest BCUT2D eigenvalue weighted by Crippen LogP contribution is 2.46. The van der Waals surface area contributed by atoms with E-state index in [4.69, 9.17) is 14.2 Å². The van der Waals surface area contributed by atoms with E-state index in [9.17, 15) is 23.1 Å². The molecule has 6 nitrogen and oxygen atoms in total. The molecule has 32 heavy (non-hydrogen) atoms. The lowest BCUT2D eigenvalue weighted by Gasteiger charge is -2.38. The number of likely N-dealkylation sites (tertiary alicyclic amines) is 1. The van der Waals surface area contributed by atoms with Crippen molar-refractivity contribution in [1.82, 2.24) is 4.90 Å². The van der Waals surface area contributed by atoms with E-state index in [0.29, 0.717) is 47.8 Å². The maximum atomic E-state index is 13.1. The van der Waals surface area contributed by atoms with Crippen LogP contribution in [-0.2, 0) is 11.0 Å². The van der Waals surface area contributed by atoms with Gasteiger partial charge in [-0.3, -0.25) is 9.69 Å². The van der Waals surface area contributed by atoms with Crippen molar-refractivity contribution in [3.05, 3.63) is 53.1 Å². The molecule has 0 radical (unpaired) electrons. The molecule has 1 aliphatic heterocycles. The number of carbonyl (C=O) groups is 1. The van der Waals surface area contributed by atoms with E-state index in [-0.39, 0.29) is 6.54 Å². The highest BCUT2D eigenvalue weighted by molar-refractivity contribution is 5.70. The molecule has 0 bridgehead atoms. The predicted molar refractivity (Wildman–Crippen MR) is 111 cm³/mol. The van der Waals surface area contributed by atoms with Gasteiger partial charge in [0.2, 0.25) is 5.75 Å². The van der Waals surface area contributed by atoms with Gasteiger partial charge in [-0.05, 0) is 49.2 Å². The molecule has 2 aromatic rings. The van der Waals surface area contributed by atoms with Crippen LogP contribution in [0.15, 0.2) is 36.4 Å². The monoisotopic (exact) mass is 453 g/mol. The van der Waals surface area contributed by atoms with Gasteiger partial charge in [0.1, 0.15) is 0 Å². The van der Waals surface area contributed by atoms with Crippen LogP contribution in [0.4, 0.5) is 13.2 Å². The van der Waals surface area contributed by atoms with Crippen LogP contribution in [0.3, 0.4) is 0 Å². The lowest BCUT2D eigenvalue weighted by atomic mass is 9.90. The summed E-state index contributed by atoms with van der Waals surface area (Å²) >= 11 is 0. The fraction of sp³-hybridized carbons (Fsp3) is 0.435. The summed E-state index contributed by atoms with van der Waals surface area (Å²) in [7, 11) is 4.44. The molecule has 1 N–H and O–H groups in total. The first-order chi connectivity index (χ1) is 15.2. The summed E-state index contributed by atoms with van der Waals surface area (Å²) in [6.07, 6.45) is -3.24. The first-order valence-corrected chi connectivity index (χ1v) is 10.1. The number of benzene rings is 2. The minimum absolute atomic E-state index is 0.262. The van der Waals surface area contributed by atoms with Crippen molar-refractivity contribution in [2.75, 3.05) is 34.4 Å². The highest BCUT2D eigenvalue weighted by atomic mass is 19.4. The second-order valence-corrected chi connectivity index (χ2v) is 7.62. The van der Waals surface area contributed by atoms with Crippen molar-refractivity contribution in [3.8, 4) is 17.2 Å². The van der Waals surface area contributed by atoms with Crippen molar-refractivity contribution in [2.24, 2.45) is 5.92 Å². The Kier molecular flexibility index (Phi) is 7.18. The molecule has 174 valence electrons. The molecule has 2 atom stereocenters. The van der Waals surface area contributed by atoms with E-state index >= 15 is 0 Å². The molecule has 0 spiro atoms. The largest absolute Gasteiger partial charge is 0.493 e. The van der Waals surface area contributed by atoms with Gasteiger partial charge >= 0.3 is 12.1 Å². The van der Waals surface area contributed by atoms with Crippen molar-refractivity contribution in [2.45, 2.75) is 25.1 Å². The lowest BCUT2D eigenvalue weighted by molar-refractivity contribution is -0.144. The summed E-state index contributed by atoms with van der Waals surface area (Å²) in [6.45, 7) is 0.853. The van der Waals surface area contributed by atoms with E-state index < -0.39 is 29.7 Å².